The third-order valence-electron chi connectivity index (χ3n) is 2.92. The predicted molar refractivity (Wildman–Crippen MR) is 69.1 cm³/mol. The summed E-state index contributed by atoms with van der Waals surface area (Å²) < 4.78 is 37.2. The normalized spacial score (nSPS) is 13.2. The highest BCUT2D eigenvalue weighted by atomic mass is 19.4. The van der Waals surface area contributed by atoms with Crippen LogP contribution in [-0.4, -0.2) is 16.2 Å². The molecule has 0 amide bonds. The minimum atomic E-state index is -4.33. The lowest BCUT2D eigenvalue weighted by Crippen LogP contribution is -2.15. The Hall–Kier alpha value is -1.88. The van der Waals surface area contributed by atoms with Gasteiger partial charge in [-0.3, -0.25) is 4.98 Å². The summed E-state index contributed by atoms with van der Waals surface area (Å²) in [5, 5.41) is 9.92. The second-order valence-corrected chi connectivity index (χ2v) is 4.58. The lowest BCUT2D eigenvalue weighted by atomic mass is 10.0. The number of aliphatic hydroxyl groups is 1. The fraction of sp³-hybridized carbons (Fsp3) is 0.267. The molecule has 0 spiro atoms. The summed E-state index contributed by atoms with van der Waals surface area (Å²) in [6.45, 7) is 0. The first-order chi connectivity index (χ1) is 9.45. The molecule has 5 heteroatoms. The molecule has 1 unspecified atom stereocenters. The van der Waals surface area contributed by atoms with E-state index in [0.29, 0.717) is 18.4 Å². The van der Waals surface area contributed by atoms with Crippen LogP contribution in [0.15, 0.2) is 48.7 Å². The van der Waals surface area contributed by atoms with Crippen LogP contribution in [0.2, 0.25) is 0 Å². The third kappa shape index (κ3) is 4.06. The van der Waals surface area contributed by atoms with Gasteiger partial charge in [-0.25, -0.2) is 0 Å². The number of aliphatic hydroxyl groups excluding tert-OH is 1. The van der Waals surface area contributed by atoms with Crippen molar-refractivity contribution in [1.29, 1.82) is 0 Å². The number of hydrogen-bond acceptors (Lipinski definition) is 2. The van der Waals surface area contributed by atoms with Crippen LogP contribution in [0.3, 0.4) is 0 Å². The van der Waals surface area contributed by atoms with E-state index < -0.39 is 17.8 Å². The SMILES string of the molecule is OC(Cc1ccc(C(F)(F)F)cc1)Cc1ccccn1. The second kappa shape index (κ2) is 6.05. The van der Waals surface area contributed by atoms with Gasteiger partial charge in [0.15, 0.2) is 0 Å². The topological polar surface area (TPSA) is 33.1 Å². The number of aromatic nitrogens is 1. The summed E-state index contributed by atoms with van der Waals surface area (Å²) in [5.41, 5.74) is 0.744. The Morgan fingerprint density at radius 2 is 1.70 bits per heavy atom. The van der Waals surface area contributed by atoms with Crippen molar-refractivity contribution in [1.82, 2.24) is 4.98 Å². The lowest BCUT2D eigenvalue weighted by molar-refractivity contribution is -0.137. The van der Waals surface area contributed by atoms with Crippen molar-refractivity contribution >= 4 is 0 Å². The van der Waals surface area contributed by atoms with E-state index in [4.69, 9.17) is 0 Å². The van der Waals surface area contributed by atoms with Gasteiger partial charge in [0.2, 0.25) is 0 Å². The van der Waals surface area contributed by atoms with Gasteiger partial charge in [-0.05, 0) is 36.2 Å². The van der Waals surface area contributed by atoms with E-state index in [1.54, 1.807) is 18.3 Å². The van der Waals surface area contributed by atoms with E-state index in [0.717, 1.165) is 17.8 Å². The Bertz CT molecular complexity index is 537. The number of halogens is 3. The molecule has 0 saturated carbocycles. The van der Waals surface area contributed by atoms with Crippen molar-refractivity contribution in [2.24, 2.45) is 0 Å². The molecule has 2 aromatic rings. The van der Waals surface area contributed by atoms with Crippen LogP contribution in [0.1, 0.15) is 16.8 Å². The summed E-state index contributed by atoms with van der Waals surface area (Å²) in [7, 11) is 0. The van der Waals surface area contributed by atoms with Crippen LogP contribution in [0.25, 0.3) is 0 Å². The first-order valence-corrected chi connectivity index (χ1v) is 6.19. The van der Waals surface area contributed by atoms with Crippen molar-refractivity contribution in [3.8, 4) is 0 Å². The van der Waals surface area contributed by atoms with Crippen molar-refractivity contribution in [3.63, 3.8) is 0 Å². The van der Waals surface area contributed by atoms with Gasteiger partial charge in [-0.15, -0.1) is 0 Å². The van der Waals surface area contributed by atoms with E-state index >= 15 is 0 Å². The maximum absolute atomic E-state index is 12.4. The van der Waals surface area contributed by atoms with E-state index in [9.17, 15) is 18.3 Å². The summed E-state index contributed by atoms with van der Waals surface area (Å²) in [4.78, 5) is 4.10. The molecule has 0 aliphatic carbocycles. The molecular formula is C15H14F3NO. The summed E-state index contributed by atoms with van der Waals surface area (Å²) in [6.07, 6.45) is -2.68. The predicted octanol–water partition coefficient (Wildman–Crippen LogP) is 3.25. The Kier molecular flexibility index (Phi) is 4.39. The number of pyridine rings is 1. The fourth-order valence-electron chi connectivity index (χ4n) is 1.93. The van der Waals surface area contributed by atoms with Crippen LogP contribution in [-0.2, 0) is 19.0 Å². The van der Waals surface area contributed by atoms with E-state index in [1.807, 2.05) is 6.07 Å². The number of hydrogen-bond donors (Lipinski definition) is 1. The van der Waals surface area contributed by atoms with Crippen LogP contribution in [0.4, 0.5) is 13.2 Å². The highest BCUT2D eigenvalue weighted by Gasteiger charge is 2.29. The molecule has 20 heavy (non-hydrogen) atoms. The number of alkyl halides is 3. The van der Waals surface area contributed by atoms with Crippen LogP contribution < -0.4 is 0 Å². The monoisotopic (exact) mass is 281 g/mol. The lowest BCUT2D eigenvalue weighted by Gasteiger charge is -2.11. The van der Waals surface area contributed by atoms with Crippen molar-refractivity contribution in [2.75, 3.05) is 0 Å². The maximum atomic E-state index is 12.4. The van der Waals surface area contributed by atoms with Gasteiger partial charge in [0, 0.05) is 18.3 Å². The van der Waals surface area contributed by atoms with Crippen molar-refractivity contribution in [2.45, 2.75) is 25.1 Å². The highest BCUT2D eigenvalue weighted by Crippen LogP contribution is 2.29. The molecule has 106 valence electrons. The van der Waals surface area contributed by atoms with Gasteiger partial charge >= 0.3 is 6.18 Å². The maximum Gasteiger partial charge on any atom is 0.416 e. The molecule has 2 nitrogen and oxygen atoms in total. The Morgan fingerprint density at radius 3 is 2.25 bits per heavy atom. The fourth-order valence-corrected chi connectivity index (χ4v) is 1.93. The van der Waals surface area contributed by atoms with Gasteiger partial charge in [0.1, 0.15) is 0 Å². The molecule has 0 aliphatic heterocycles. The summed E-state index contributed by atoms with van der Waals surface area (Å²) in [5.74, 6) is 0. The molecule has 1 aromatic carbocycles. The Morgan fingerprint density at radius 1 is 1.00 bits per heavy atom. The largest absolute Gasteiger partial charge is 0.416 e. The van der Waals surface area contributed by atoms with Gasteiger partial charge < -0.3 is 5.11 Å². The zero-order chi connectivity index (χ0) is 14.6. The standard InChI is InChI=1S/C15H14F3NO/c16-15(17,18)12-6-4-11(5-7-12)9-14(20)10-13-3-1-2-8-19-13/h1-8,14,20H,9-10H2. The van der Waals surface area contributed by atoms with Crippen LogP contribution >= 0.6 is 0 Å². The minimum Gasteiger partial charge on any atom is -0.392 e. The number of rotatable bonds is 4. The molecule has 0 radical (unpaired) electrons. The van der Waals surface area contributed by atoms with Crippen LogP contribution in [0.5, 0.6) is 0 Å². The molecule has 1 N–H and O–H groups in total. The minimum absolute atomic E-state index is 0.300. The summed E-state index contributed by atoms with van der Waals surface area (Å²) in [6, 6.07) is 10.3. The Labute approximate surface area is 114 Å². The number of benzene rings is 1. The van der Waals surface area contributed by atoms with E-state index in [1.165, 1.54) is 12.1 Å². The molecule has 1 heterocycles. The average molecular weight is 281 g/mol. The van der Waals surface area contributed by atoms with Crippen LogP contribution in [0, 0.1) is 0 Å². The summed E-state index contributed by atoms with van der Waals surface area (Å²) >= 11 is 0. The van der Waals surface area contributed by atoms with Gasteiger partial charge in [-0.2, -0.15) is 13.2 Å². The molecule has 0 bridgehead atoms. The van der Waals surface area contributed by atoms with Gasteiger partial charge in [0.05, 0.1) is 11.7 Å². The van der Waals surface area contributed by atoms with Crippen molar-refractivity contribution < 1.29 is 18.3 Å². The first kappa shape index (κ1) is 14.5. The first-order valence-electron chi connectivity index (χ1n) is 6.19. The van der Waals surface area contributed by atoms with Gasteiger partial charge in [-0.1, -0.05) is 18.2 Å². The molecule has 0 aliphatic rings. The molecule has 2 rings (SSSR count). The zero-order valence-corrected chi connectivity index (χ0v) is 10.6. The number of nitrogens with zero attached hydrogens (tertiary/aromatic N) is 1. The molecule has 0 saturated heterocycles. The quantitative estimate of drug-likeness (QED) is 0.933. The van der Waals surface area contributed by atoms with E-state index in [-0.39, 0.29) is 0 Å². The second-order valence-electron chi connectivity index (χ2n) is 4.58. The van der Waals surface area contributed by atoms with E-state index in [2.05, 4.69) is 4.98 Å². The van der Waals surface area contributed by atoms with Gasteiger partial charge in [0.25, 0.3) is 0 Å². The van der Waals surface area contributed by atoms with Crippen molar-refractivity contribution in [3.05, 3.63) is 65.5 Å². The molecular weight excluding hydrogens is 267 g/mol. The average Bonchev–Trinajstić information content (AvgIpc) is 2.39. The molecule has 0 fully saturated rings. The third-order valence-corrected chi connectivity index (χ3v) is 2.92. The Balaban J connectivity index is 1.96. The smallest absolute Gasteiger partial charge is 0.392 e. The molecule has 1 atom stereocenters. The zero-order valence-electron chi connectivity index (χ0n) is 10.6. The molecule has 1 aromatic heterocycles. The highest BCUT2D eigenvalue weighted by molar-refractivity contribution is 5.25.